The molecule has 1 aliphatic heterocycles. The molecule has 134 valence electrons. The van der Waals surface area contributed by atoms with Crippen LogP contribution in [0, 0.1) is 0 Å². The Hall–Kier alpha value is -2.32. The highest BCUT2D eigenvalue weighted by molar-refractivity contribution is 9.10. The van der Waals surface area contributed by atoms with Crippen LogP contribution in [0.3, 0.4) is 0 Å². The number of nitrogens with one attached hydrogen (secondary N) is 1. The molecular weight excluding hydrogens is 420 g/mol. The summed E-state index contributed by atoms with van der Waals surface area (Å²) in [4.78, 5) is 37.7. The van der Waals surface area contributed by atoms with E-state index in [4.69, 9.17) is 4.74 Å². The van der Waals surface area contributed by atoms with Crippen LogP contribution in [0.4, 0.5) is 16.2 Å². The maximum atomic E-state index is 12.6. The first kappa shape index (κ1) is 18.5. The van der Waals surface area contributed by atoms with E-state index in [1.54, 1.807) is 55.5 Å². The molecule has 0 bridgehead atoms. The van der Waals surface area contributed by atoms with Gasteiger partial charge in [-0.05, 0) is 67.2 Å². The Morgan fingerprint density at radius 2 is 1.81 bits per heavy atom. The van der Waals surface area contributed by atoms with E-state index in [-0.39, 0.29) is 11.1 Å². The van der Waals surface area contributed by atoms with Gasteiger partial charge in [0.2, 0.25) is 0 Å². The number of ether oxygens (including phenoxy) is 1. The highest BCUT2D eigenvalue weighted by atomic mass is 79.9. The van der Waals surface area contributed by atoms with E-state index < -0.39 is 11.3 Å². The average Bonchev–Trinajstić information content (AvgIpc) is 2.90. The standard InChI is InChI=1S/C18H15BrN2O4S/c1-2-25-17(23)11-3-7-13(8-4-11)20-15-16(22)21(18(24)26-15)14-9-5-12(19)6-10-14/h3-10,15,20H,2H2,1H3/t15-/m0/s1. The second kappa shape index (κ2) is 7.92. The van der Waals surface area contributed by atoms with Crippen LogP contribution in [-0.4, -0.2) is 29.1 Å². The summed E-state index contributed by atoms with van der Waals surface area (Å²) in [7, 11) is 0. The van der Waals surface area contributed by atoms with Gasteiger partial charge in [-0.25, -0.2) is 9.69 Å². The molecule has 2 amide bonds. The maximum absolute atomic E-state index is 12.6. The van der Waals surface area contributed by atoms with Crippen molar-refractivity contribution in [2.24, 2.45) is 0 Å². The summed E-state index contributed by atoms with van der Waals surface area (Å²) in [5, 5.41) is 1.96. The van der Waals surface area contributed by atoms with Gasteiger partial charge < -0.3 is 10.1 Å². The molecule has 6 nitrogen and oxygen atoms in total. The summed E-state index contributed by atoms with van der Waals surface area (Å²) >= 11 is 4.24. The topological polar surface area (TPSA) is 75.7 Å². The SMILES string of the molecule is CCOC(=O)c1ccc(N[C@H]2SC(=O)N(c3ccc(Br)cc3)C2=O)cc1. The van der Waals surface area contributed by atoms with E-state index in [2.05, 4.69) is 21.2 Å². The van der Waals surface area contributed by atoms with Crippen LogP contribution in [0.1, 0.15) is 17.3 Å². The van der Waals surface area contributed by atoms with Crippen molar-refractivity contribution in [2.45, 2.75) is 12.3 Å². The molecule has 0 unspecified atom stereocenters. The van der Waals surface area contributed by atoms with E-state index >= 15 is 0 Å². The molecule has 1 N–H and O–H groups in total. The minimum atomic E-state index is -0.723. The molecule has 0 aliphatic carbocycles. The average molecular weight is 435 g/mol. The molecule has 1 fully saturated rings. The Balaban J connectivity index is 1.71. The van der Waals surface area contributed by atoms with Crippen LogP contribution >= 0.6 is 27.7 Å². The fraction of sp³-hybridized carbons (Fsp3) is 0.167. The molecule has 1 saturated heterocycles. The number of halogens is 1. The number of hydrogen-bond donors (Lipinski definition) is 1. The Bertz CT molecular complexity index is 839. The molecule has 26 heavy (non-hydrogen) atoms. The van der Waals surface area contributed by atoms with Crippen LogP contribution in [-0.2, 0) is 9.53 Å². The molecular formula is C18H15BrN2O4S. The number of hydrogen-bond acceptors (Lipinski definition) is 6. The molecule has 1 heterocycles. The number of carbonyl (C=O) groups excluding carboxylic acids is 3. The maximum Gasteiger partial charge on any atom is 0.338 e. The number of esters is 1. The highest BCUT2D eigenvalue weighted by Crippen LogP contribution is 2.33. The van der Waals surface area contributed by atoms with Gasteiger partial charge >= 0.3 is 5.97 Å². The van der Waals surface area contributed by atoms with Crippen molar-refractivity contribution in [1.29, 1.82) is 0 Å². The molecule has 3 rings (SSSR count). The number of benzene rings is 2. The van der Waals surface area contributed by atoms with Crippen LogP contribution in [0.2, 0.25) is 0 Å². The van der Waals surface area contributed by atoms with Crippen molar-refractivity contribution in [3.63, 3.8) is 0 Å². The second-order valence-corrected chi connectivity index (χ2v) is 7.33. The lowest BCUT2D eigenvalue weighted by Gasteiger charge is -2.15. The van der Waals surface area contributed by atoms with E-state index in [0.717, 1.165) is 21.1 Å². The molecule has 2 aromatic carbocycles. The quantitative estimate of drug-likeness (QED) is 0.708. The predicted molar refractivity (Wildman–Crippen MR) is 104 cm³/mol. The fourth-order valence-corrected chi connectivity index (χ4v) is 3.56. The van der Waals surface area contributed by atoms with E-state index in [9.17, 15) is 14.4 Å². The monoisotopic (exact) mass is 434 g/mol. The summed E-state index contributed by atoms with van der Waals surface area (Å²) in [5.74, 6) is -0.737. The molecule has 0 radical (unpaired) electrons. The molecule has 0 aromatic heterocycles. The first-order chi connectivity index (χ1) is 12.5. The Morgan fingerprint density at radius 3 is 2.42 bits per heavy atom. The van der Waals surface area contributed by atoms with Crippen molar-refractivity contribution in [2.75, 3.05) is 16.8 Å². The van der Waals surface area contributed by atoms with Crippen LogP contribution < -0.4 is 10.2 Å². The number of anilines is 2. The van der Waals surface area contributed by atoms with E-state index in [1.165, 1.54) is 0 Å². The largest absolute Gasteiger partial charge is 0.462 e. The van der Waals surface area contributed by atoms with Crippen LogP contribution in [0.15, 0.2) is 53.0 Å². The zero-order valence-corrected chi connectivity index (χ0v) is 16.2. The van der Waals surface area contributed by atoms with Crippen molar-refractivity contribution >= 4 is 56.2 Å². The van der Waals surface area contributed by atoms with Gasteiger partial charge in [0.15, 0.2) is 5.37 Å². The number of imide groups is 1. The number of amides is 2. The highest BCUT2D eigenvalue weighted by Gasteiger charge is 2.40. The minimum absolute atomic E-state index is 0.306. The zero-order chi connectivity index (χ0) is 18.7. The second-order valence-electron chi connectivity index (χ2n) is 5.36. The van der Waals surface area contributed by atoms with E-state index in [1.807, 2.05) is 0 Å². The lowest BCUT2D eigenvalue weighted by molar-refractivity contribution is -0.116. The number of nitrogens with zero attached hydrogens (tertiary/aromatic N) is 1. The molecule has 1 aliphatic rings. The zero-order valence-electron chi connectivity index (χ0n) is 13.8. The van der Waals surface area contributed by atoms with Crippen molar-refractivity contribution < 1.29 is 19.1 Å². The fourth-order valence-electron chi connectivity index (χ4n) is 2.39. The van der Waals surface area contributed by atoms with Gasteiger partial charge in [-0.2, -0.15) is 0 Å². The lowest BCUT2D eigenvalue weighted by atomic mass is 10.2. The molecule has 0 saturated carbocycles. The van der Waals surface area contributed by atoms with Gasteiger partial charge in [0, 0.05) is 10.2 Å². The normalized spacial score (nSPS) is 16.7. The molecule has 8 heteroatoms. The minimum Gasteiger partial charge on any atom is -0.462 e. The van der Waals surface area contributed by atoms with Crippen molar-refractivity contribution in [1.82, 2.24) is 0 Å². The van der Waals surface area contributed by atoms with Gasteiger partial charge in [0.05, 0.1) is 17.9 Å². The third kappa shape index (κ3) is 3.91. The molecule has 2 aromatic rings. The van der Waals surface area contributed by atoms with Crippen LogP contribution in [0.25, 0.3) is 0 Å². The van der Waals surface area contributed by atoms with Gasteiger partial charge in [-0.1, -0.05) is 15.9 Å². The van der Waals surface area contributed by atoms with Gasteiger partial charge in [0.1, 0.15) is 0 Å². The smallest absolute Gasteiger partial charge is 0.338 e. The lowest BCUT2D eigenvalue weighted by Crippen LogP contribution is -2.34. The molecule has 0 spiro atoms. The Labute approximate surface area is 163 Å². The first-order valence-corrected chi connectivity index (χ1v) is 9.50. The summed E-state index contributed by atoms with van der Waals surface area (Å²) < 4.78 is 5.80. The molecule has 1 atom stereocenters. The summed E-state index contributed by atoms with van der Waals surface area (Å²) in [5.41, 5.74) is 1.59. The van der Waals surface area contributed by atoms with Gasteiger partial charge in [-0.3, -0.25) is 9.59 Å². The number of carbonyl (C=O) groups is 3. The third-order valence-corrected chi connectivity index (χ3v) is 5.09. The summed E-state index contributed by atoms with van der Waals surface area (Å²) in [6.07, 6.45) is 0. The summed E-state index contributed by atoms with van der Waals surface area (Å²) in [6.45, 7) is 2.05. The van der Waals surface area contributed by atoms with E-state index in [0.29, 0.717) is 23.5 Å². The Morgan fingerprint density at radius 1 is 1.15 bits per heavy atom. The summed E-state index contributed by atoms with van der Waals surface area (Å²) in [6, 6.07) is 13.5. The Kier molecular flexibility index (Phi) is 5.63. The van der Waals surface area contributed by atoms with Gasteiger partial charge in [-0.15, -0.1) is 0 Å². The number of rotatable bonds is 5. The van der Waals surface area contributed by atoms with Crippen molar-refractivity contribution in [3.05, 3.63) is 58.6 Å². The first-order valence-electron chi connectivity index (χ1n) is 7.83. The third-order valence-electron chi connectivity index (χ3n) is 3.62. The van der Waals surface area contributed by atoms with Crippen molar-refractivity contribution in [3.8, 4) is 0 Å². The predicted octanol–water partition coefficient (Wildman–Crippen LogP) is 4.26. The number of thioether (sulfide) groups is 1. The van der Waals surface area contributed by atoms with Gasteiger partial charge in [0.25, 0.3) is 11.1 Å². The van der Waals surface area contributed by atoms with Crippen LogP contribution in [0.5, 0.6) is 0 Å².